The highest BCUT2D eigenvalue weighted by Gasteiger charge is 2.20. The molecule has 6 nitrogen and oxygen atoms in total. The molecule has 1 aromatic carbocycles. The van der Waals surface area contributed by atoms with Crippen molar-refractivity contribution in [2.24, 2.45) is 7.05 Å². The number of ether oxygens (including phenoxy) is 1. The van der Waals surface area contributed by atoms with Gasteiger partial charge in [0.25, 0.3) is 0 Å². The van der Waals surface area contributed by atoms with Crippen LogP contribution in [0.3, 0.4) is 0 Å². The summed E-state index contributed by atoms with van der Waals surface area (Å²) in [4.78, 5) is 14.4. The van der Waals surface area contributed by atoms with Crippen LogP contribution in [0.5, 0.6) is 5.75 Å². The Morgan fingerprint density at radius 3 is 2.56 bits per heavy atom. The molecule has 1 N–H and O–H groups in total. The van der Waals surface area contributed by atoms with Gasteiger partial charge in [0.1, 0.15) is 18.2 Å². The lowest BCUT2D eigenvalue weighted by Crippen LogP contribution is -2.41. The number of hydrogen-bond donors (Lipinski definition) is 1. The zero-order valence-corrected chi connectivity index (χ0v) is 15.3. The molecule has 7 heteroatoms. The van der Waals surface area contributed by atoms with Crippen LogP contribution in [-0.2, 0) is 11.8 Å². The minimum atomic E-state index is -0.323. The molecule has 0 fully saturated rings. The van der Waals surface area contributed by atoms with E-state index in [9.17, 15) is 9.18 Å². The molecule has 0 aliphatic heterocycles. The largest absolute Gasteiger partial charge is 0.492 e. The van der Waals surface area contributed by atoms with Gasteiger partial charge in [-0.1, -0.05) is 0 Å². The minimum absolute atomic E-state index is 0.0940. The summed E-state index contributed by atoms with van der Waals surface area (Å²) >= 11 is 0. The lowest BCUT2D eigenvalue weighted by molar-refractivity contribution is -0.120. The lowest BCUT2D eigenvalue weighted by Gasteiger charge is -2.24. The summed E-state index contributed by atoms with van der Waals surface area (Å²) in [7, 11) is 3.71. The maximum atomic E-state index is 12.9. The minimum Gasteiger partial charge on any atom is -0.492 e. The Kier molecular flexibility index (Phi) is 6.14. The first-order valence-electron chi connectivity index (χ1n) is 8.19. The summed E-state index contributed by atoms with van der Waals surface area (Å²) in [6.45, 7) is 6.60. The van der Waals surface area contributed by atoms with E-state index in [4.69, 9.17) is 4.74 Å². The van der Waals surface area contributed by atoms with Crippen LogP contribution in [0, 0.1) is 19.7 Å². The summed E-state index contributed by atoms with van der Waals surface area (Å²) in [6, 6.07) is 5.55. The molecule has 1 aromatic heterocycles. The lowest BCUT2D eigenvalue weighted by atomic mass is 10.2. The number of rotatable bonds is 7. The second kappa shape index (κ2) is 8.11. The van der Waals surface area contributed by atoms with Crippen LogP contribution in [0.2, 0.25) is 0 Å². The van der Waals surface area contributed by atoms with E-state index in [-0.39, 0.29) is 17.8 Å². The molecule has 1 heterocycles. The van der Waals surface area contributed by atoms with Crippen molar-refractivity contribution in [3.63, 3.8) is 0 Å². The molecular formula is C18H25FN4O2. The number of aromatic nitrogens is 2. The average Bonchev–Trinajstić information content (AvgIpc) is 2.82. The van der Waals surface area contributed by atoms with Gasteiger partial charge in [-0.25, -0.2) is 4.39 Å². The Hall–Kier alpha value is -2.41. The van der Waals surface area contributed by atoms with Gasteiger partial charge >= 0.3 is 0 Å². The zero-order chi connectivity index (χ0) is 18.6. The van der Waals surface area contributed by atoms with Gasteiger partial charge in [-0.3, -0.25) is 14.4 Å². The van der Waals surface area contributed by atoms with Gasteiger partial charge in [-0.2, -0.15) is 5.10 Å². The van der Waals surface area contributed by atoms with Crippen LogP contribution < -0.4 is 10.1 Å². The highest BCUT2D eigenvalue weighted by Crippen LogP contribution is 2.19. The number of aryl methyl sites for hydroxylation is 2. The summed E-state index contributed by atoms with van der Waals surface area (Å²) in [5.74, 6) is 0.216. The van der Waals surface area contributed by atoms with E-state index in [1.54, 1.807) is 16.8 Å². The van der Waals surface area contributed by atoms with Crippen LogP contribution in [0.4, 0.5) is 10.1 Å². The Morgan fingerprint density at radius 1 is 1.36 bits per heavy atom. The Balaban J connectivity index is 1.85. The quantitative estimate of drug-likeness (QED) is 0.835. The molecule has 0 saturated carbocycles. The van der Waals surface area contributed by atoms with Crippen molar-refractivity contribution in [2.45, 2.75) is 26.8 Å². The maximum Gasteiger partial charge on any atom is 0.241 e. The fraction of sp³-hybridized carbons (Fsp3) is 0.444. The number of hydrogen-bond acceptors (Lipinski definition) is 4. The van der Waals surface area contributed by atoms with E-state index in [1.165, 1.54) is 12.1 Å². The van der Waals surface area contributed by atoms with Gasteiger partial charge < -0.3 is 10.1 Å². The number of anilines is 1. The molecule has 2 aromatic rings. The fourth-order valence-electron chi connectivity index (χ4n) is 2.41. The van der Waals surface area contributed by atoms with Gasteiger partial charge in [-0.15, -0.1) is 0 Å². The van der Waals surface area contributed by atoms with Crippen molar-refractivity contribution >= 4 is 11.6 Å². The maximum absolute atomic E-state index is 12.9. The molecule has 136 valence electrons. The second-order valence-corrected chi connectivity index (χ2v) is 6.12. The van der Waals surface area contributed by atoms with Crippen molar-refractivity contribution < 1.29 is 13.9 Å². The molecular weight excluding hydrogens is 323 g/mol. The van der Waals surface area contributed by atoms with Gasteiger partial charge in [0, 0.05) is 13.6 Å². The van der Waals surface area contributed by atoms with Gasteiger partial charge in [0.2, 0.25) is 5.91 Å². The number of nitrogens with one attached hydrogen (secondary N) is 1. The number of likely N-dealkylation sites (N-methyl/N-ethyl adjacent to an activating group) is 1. The molecule has 0 aliphatic rings. The fourth-order valence-corrected chi connectivity index (χ4v) is 2.41. The highest BCUT2D eigenvalue weighted by molar-refractivity contribution is 5.95. The molecule has 0 spiro atoms. The van der Waals surface area contributed by atoms with Crippen molar-refractivity contribution in [1.82, 2.24) is 14.7 Å². The van der Waals surface area contributed by atoms with E-state index in [0.717, 1.165) is 17.1 Å². The van der Waals surface area contributed by atoms with Crippen LogP contribution in [0.1, 0.15) is 18.3 Å². The first kappa shape index (κ1) is 18.9. The van der Waals surface area contributed by atoms with E-state index < -0.39 is 0 Å². The number of benzene rings is 1. The first-order valence-corrected chi connectivity index (χ1v) is 8.19. The molecule has 0 saturated heterocycles. The van der Waals surface area contributed by atoms with Crippen molar-refractivity contribution in [3.05, 3.63) is 41.5 Å². The van der Waals surface area contributed by atoms with Gasteiger partial charge in [0.05, 0.1) is 23.1 Å². The number of nitrogens with zero attached hydrogens (tertiary/aromatic N) is 3. The monoisotopic (exact) mass is 348 g/mol. The molecule has 0 aliphatic carbocycles. The smallest absolute Gasteiger partial charge is 0.241 e. The summed E-state index contributed by atoms with van der Waals surface area (Å²) in [5, 5.41) is 7.25. The third-order valence-electron chi connectivity index (χ3n) is 4.32. The summed E-state index contributed by atoms with van der Waals surface area (Å²) in [6.07, 6.45) is 0. The number of carbonyl (C=O) groups excluding carboxylic acids is 1. The van der Waals surface area contributed by atoms with Crippen molar-refractivity contribution in [1.29, 1.82) is 0 Å². The van der Waals surface area contributed by atoms with E-state index in [2.05, 4.69) is 10.4 Å². The molecule has 0 bridgehead atoms. The molecule has 1 amide bonds. The third kappa shape index (κ3) is 4.79. The standard InChI is InChI=1S/C18H25FN4O2/c1-12-17(13(2)23(5)21-12)20-18(24)14(3)22(4)10-11-25-16-8-6-15(19)7-9-16/h6-9,14H,10-11H2,1-5H3,(H,20,24)/t14-/m1/s1. The summed E-state index contributed by atoms with van der Waals surface area (Å²) in [5.41, 5.74) is 2.47. The Labute approximate surface area is 147 Å². The zero-order valence-electron chi connectivity index (χ0n) is 15.3. The highest BCUT2D eigenvalue weighted by atomic mass is 19.1. The Morgan fingerprint density at radius 2 is 2.00 bits per heavy atom. The number of carbonyl (C=O) groups is 1. The van der Waals surface area contributed by atoms with Crippen LogP contribution >= 0.6 is 0 Å². The van der Waals surface area contributed by atoms with E-state index >= 15 is 0 Å². The predicted molar refractivity (Wildman–Crippen MR) is 95.3 cm³/mol. The van der Waals surface area contributed by atoms with Crippen LogP contribution in [0.15, 0.2) is 24.3 Å². The SMILES string of the molecule is Cc1nn(C)c(C)c1NC(=O)[C@@H](C)N(C)CCOc1ccc(F)cc1. The van der Waals surface area contributed by atoms with Crippen LogP contribution in [0.25, 0.3) is 0 Å². The molecule has 25 heavy (non-hydrogen) atoms. The number of halogens is 1. The third-order valence-corrected chi connectivity index (χ3v) is 4.32. The first-order chi connectivity index (χ1) is 11.8. The summed E-state index contributed by atoms with van der Waals surface area (Å²) < 4.78 is 20.2. The topological polar surface area (TPSA) is 59.4 Å². The van der Waals surface area contributed by atoms with E-state index in [0.29, 0.717) is 18.9 Å². The van der Waals surface area contributed by atoms with Crippen molar-refractivity contribution in [2.75, 3.05) is 25.5 Å². The van der Waals surface area contributed by atoms with Gasteiger partial charge in [0.15, 0.2) is 0 Å². The molecule has 0 radical (unpaired) electrons. The van der Waals surface area contributed by atoms with Crippen LogP contribution in [-0.4, -0.2) is 46.8 Å². The molecule has 1 atom stereocenters. The Bertz CT molecular complexity index is 727. The molecule has 0 unspecified atom stereocenters. The van der Waals surface area contributed by atoms with Gasteiger partial charge in [-0.05, 0) is 52.1 Å². The normalized spacial score (nSPS) is 12.3. The second-order valence-electron chi connectivity index (χ2n) is 6.12. The van der Waals surface area contributed by atoms with E-state index in [1.807, 2.05) is 39.8 Å². The van der Waals surface area contributed by atoms with Crippen molar-refractivity contribution in [3.8, 4) is 5.75 Å². The predicted octanol–water partition coefficient (Wildman–Crippen LogP) is 2.51. The average molecular weight is 348 g/mol. The molecule has 2 rings (SSSR count). The number of amides is 1.